The van der Waals surface area contributed by atoms with Gasteiger partial charge in [0.2, 0.25) is 0 Å². The first kappa shape index (κ1) is 11.7. The zero-order valence-corrected chi connectivity index (χ0v) is 10.6. The van der Waals surface area contributed by atoms with E-state index in [1.54, 1.807) is 0 Å². The van der Waals surface area contributed by atoms with Gasteiger partial charge in [-0.3, -0.25) is 0 Å². The Morgan fingerprint density at radius 2 is 1.31 bits per heavy atom. The summed E-state index contributed by atoms with van der Waals surface area (Å²) < 4.78 is 0. The third-order valence-corrected chi connectivity index (χ3v) is 5.30. The molecule has 1 heterocycles. The van der Waals surface area contributed by atoms with E-state index >= 15 is 0 Å². The van der Waals surface area contributed by atoms with Gasteiger partial charge in [0.15, 0.2) is 0 Å². The van der Waals surface area contributed by atoms with Crippen molar-refractivity contribution in [3.63, 3.8) is 0 Å². The van der Waals surface area contributed by atoms with E-state index in [1.807, 2.05) is 0 Å². The zero-order chi connectivity index (χ0) is 9.84. The highest BCUT2D eigenvalue weighted by Crippen LogP contribution is 2.43. The van der Waals surface area contributed by atoms with Gasteiger partial charge in [-0.05, 0) is 34.6 Å². The van der Waals surface area contributed by atoms with Gasteiger partial charge >= 0.3 is 0 Å². The SMILES string of the molecule is CN(C)C[C@H]1C[C@@H](CN(C)C)SS1. The lowest BCUT2D eigenvalue weighted by Crippen LogP contribution is -2.26. The van der Waals surface area contributed by atoms with Crippen LogP contribution in [0.5, 0.6) is 0 Å². The second kappa shape index (κ2) is 5.49. The van der Waals surface area contributed by atoms with Crippen molar-refractivity contribution < 1.29 is 0 Å². The summed E-state index contributed by atoms with van der Waals surface area (Å²) in [7, 11) is 12.8. The molecule has 13 heavy (non-hydrogen) atoms. The molecule has 0 aromatic carbocycles. The largest absolute Gasteiger partial charge is 0.308 e. The van der Waals surface area contributed by atoms with Gasteiger partial charge in [0, 0.05) is 23.6 Å². The fourth-order valence-corrected chi connectivity index (χ4v) is 5.11. The van der Waals surface area contributed by atoms with E-state index in [0.717, 1.165) is 10.5 Å². The Balaban J connectivity index is 2.20. The van der Waals surface area contributed by atoms with Crippen molar-refractivity contribution in [3.05, 3.63) is 0 Å². The summed E-state index contributed by atoms with van der Waals surface area (Å²) in [6.07, 6.45) is 1.37. The molecule has 0 bridgehead atoms. The van der Waals surface area contributed by atoms with E-state index < -0.39 is 0 Å². The predicted octanol–water partition coefficient (Wildman–Crippen LogP) is 1.63. The average molecular weight is 220 g/mol. The molecule has 0 aromatic heterocycles. The molecule has 1 rings (SSSR count). The monoisotopic (exact) mass is 220 g/mol. The highest BCUT2D eigenvalue weighted by atomic mass is 33.1. The maximum Gasteiger partial charge on any atom is 0.0290 e. The third-order valence-electron chi connectivity index (χ3n) is 1.99. The summed E-state index contributed by atoms with van der Waals surface area (Å²) in [5.41, 5.74) is 0. The molecule has 0 N–H and O–H groups in total. The first-order valence-corrected chi connectivity index (χ1v) is 6.97. The van der Waals surface area contributed by atoms with E-state index in [2.05, 4.69) is 59.6 Å². The van der Waals surface area contributed by atoms with Crippen LogP contribution in [0.25, 0.3) is 0 Å². The molecule has 0 spiro atoms. The van der Waals surface area contributed by atoms with Crippen LogP contribution in [-0.2, 0) is 0 Å². The van der Waals surface area contributed by atoms with Gasteiger partial charge in [-0.15, -0.1) is 0 Å². The van der Waals surface area contributed by atoms with Crippen molar-refractivity contribution in [1.82, 2.24) is 9.80 Å². The molecule has 0 radical (unpaired) electrons. The molecule has 0 saturated carbocycles. The van der Waals surface area contributed by atoms with Crippen molar-refractivity contribution in [2.75, 3.05) is 41.3 Å². The van der Waals surface area contributed by atoms with Gasteiger partial charge in [-0.25, -0.2) is 0 Å². The van der Waals surface area contributed by atoms with Crippen molar-refractivity contribution in [1.29, 1.82) is 0 Å². The van der Waals surface area contributed by atoms with Crippen LogP contribution in [-0.4, -0.2) is 61.6 Å². The molecule has 1 fully saturated rings. The summed E-state index contributed by atoms with van der Waals surface area (Å²) in [4.78, 5) is 4.58. The molecule has 2 atom stereocenters. The Bertz CT molecular complexity index is 135. The quantitative estimate of drug-likeness (QED) is 0.664. The van der Waals surface area contributed by atoms with E-state index in [-0.39, 0.29) is 0 Å². The Morgan fingerprint density at radius 3 is 1.62 bits per heavy atom. The molecule has 0 aliphatic carbocycles. The van der Waals surface area contributed by atoms with Crippen molar-refractivity contribution in [2.45, 2.75) is 16.9 Å². The predicted molar refractivity (Wildman–Crippen MR) is 64.5 cm³/mol. The number of rotatable bonds is 4. The second-order valence-corrected chi connectivity index (χ2v) is 7.07. The number of nitrogens with zero attached hydrogens (tertiary/aromatic N) is 2. The minimum absolute atomic E-state index is 0.838. The van der Waals surface area contributed by atoms with Crippen LogP contribution in [0.15, 0.2) is 0 Å². The van der Waals surface area contributed by atoms with E-state index in [0.29, 0.717) is 0 Å². The standard InChI is InChI=1S/C9H20N2S2/c1-10(2)6-8-5-9(13-12-8)7-11(3)4/h8-9H,5-7H2,1-4H3/t8-,9+. The van der Waals surface area contributed by atoms with Gasteiger partial charge in [0.05, 0.1) is 0 Å². The third kappa shape index (κ3) is 4.58. The fraction of sp³-hybridized carbons (Fsp3) is 1.00. The van der Waals surface area contributed by atoms with Crippen LogP contribution in [0.1, 0.15) is 6.42 Å². The van der Waals surface area contributed by atoms with Crippen LogP contribution in [0.3, 0.4) is 0 Å². The Morgan fingerprint density at radius 1 is 0.923 bits per heavy atom. The molecular weight excluding hydrogens is 200 g/mol. The minimum atomic E-state index is 0.838. The van der Waals surface area contributed by atoms with Gasteiger partial charge < -0.3 is 9.80 Å². The zero-order valence-electron chi connectivity index (χ0n) is 8.99. The maximum absolute atomic E-state index is 2.29. The minimum Gasteiger partial charge on any atom is -0.308 e. The summed E-state index contributed by atoms with van der Waals surface area (Å²) in [5.74, 6) is 0. The normalized spacial score (nSPS) is 29.1. The Hall–Kier alpha value is 0.620. The molecule has 2 nitrogen and oxygen atoms in total. The number of hydrogen-bond acceptors (Lipinski definition) is 4. The van der Waals surface area contributed by atoms with Crippen molar-refractivity contribution >= 4 is 21.6 Å². The molecule has 1 aliphatic rings. The van der Waals surface area contributed by atoms with Crippen LogP contribution >= 0.6 is 21.6 Å². The van der Waals surface area contributed by atoms with Crippen molar-refractivity contribution in [3.8, 4) is 0 Å². The van der Waals surface area contributed by atoms with Gasteiger partial charge in [-0.1, -0.05) is 21.6 Å². The Kier molecular flexibility index (Phi) is 4.94. The van der Waals surface area contributed by atoms with Crippen LogP contribution in [0.2, 0.25) is 0 Å². The summed E-state index contributed by atoms with van der Waals surface area (Å²) in [5, 5.41) is 1.68. The summed E-state index contributed by atoms with van der Waals surface area (Å²) in [6.45, 7) is 2.45. The topological polar surface area (TPSA) is 6.48 Å². The molecule has 0 aromatic rings. The molecule has 1 saturated heterocycles. The van der Waals surface area contributed by atoms with Crippen LogP contribution in [0, 0.1) is 0 Å². The maximum atomic E-state index is 2.29. The lowest BCUT2D eigenvalue weighted by Gasteiger charge is -2.16. The van der Waals surface area contributed by atoms with Crippen LogP contribution < -0.4 is 0 Å². The average Bonchev–Trinajstić information content (AvgIpc) is 2.33. The fourth-order valence-electron chi connectivity index (χ4n) is 1.55. The van der Waals surface area contributed by atoms with E-state index in [9.17, 15) is 0 Å². The lowest BCUT2D eigenvalue weighted by molar-refractivity contribution is 0.376. The molecule has 0 unspecified atom stereocenters. The second-order valence-electron chi connectivity index (χ2n) is 4.20. The first-order valence-electron chi connectivity index (χ1n) is 4.69. The molecule has 0 amide bonds. The highest BCUT2D eigenvalue weighted by molar-refractivity contribution is 8.77. The van der Waals surface area contributed by atoms with Gasteiger partial charge in [0.1, 0.15) is 0 Å². The van der Waals surface area contributed by atoms with Crippen molar-refractivity contribution in [2.24, 2.45) is 0 Å². The van der Waals surface area contributed by atoms with Crippen LogP contribution in [0.4, 0.5) is 0 Å². The highest BCUT2D eigenvalue weighted by Gasteiger charge is 2.26. The summed E-state index contributed by atoms with van der Waals surface area (Å²) >= 11 is 0. The van der Waals surface area contributed by atoms with Gasteiger partial charge in [-0.2, -0.15) is 0 Å². The van der Waals surface area contributed by atoms with E-state index in [1.165, 1.54) is 19.5 Å². The molecule has 1 aliphatic heterocycles. The summed E-state index contributed by atoms with van der Waals surface area (Å²) in [6, 6.07) is 0. The smallest absolute Gasteiger partial charge is 0.0290 e. The number of hydrogen-bond donors (Lipinski definition) is 0. The Labute approximate surface area is 89.8 Å². The molecule has 78 valence electrons. The molecule has 4 heteroatoms. The van der Waals surface area contributed by atoms with E-state index in [4.69, 9.17) is 0 Å². The first-order chi connectivity index (χ1) is 6.08. The molecular formula is C9H20N2S2. The lowest BCUT2D eigenvalue weighted by atomic mass is 10.2. The van der Waals surface area contributed by atoms with Gasteiger partial charge in [0.25, 0.3) is 0 Å².